The molecule has 0 aromatic rings. The van der Waals surface area contributed by atoms with E-state index in [0.29, 0.717) is 24.7 Å². The summed E-state index contributed by atoms with van der Waals surface area (Å²) >= 11 is 0. The third-order valence-electron chi connectivity index (χ3n) is 8.61. The smallest absolute Gasteiger partial charge is 0.227 e. The number of unbranched alkanes of at least 4 members (excludes halogenated alkanes) is 3. The van der Waals surface area contributed by atoms with Gasteiger partial charge in [-0.3, -0.25) is 9.59 Å². The second-order valence-corrected chi connectivity index (χ2v) is 12.0. The zero-order valence-corrected chi connectivity index (χ0v) is 28.2. The number of hydrogen-bond donors (Lipinski definition) is 0. The average Bonchev–Trinajstić information content (AvgIpc) is 3.18. The molecule has 2 heterocycles. The molecule has 214 valence electrons. The average molecular weight is 735 g/mol. The van der Waals surface area contributed by atoms with Crippen LogP contribution in [0, 0.1) is 0 Å². The van der Waals surface area contributed by atoms with Crippen LogP contribution in [0.4, 0.5) is 0 Å². The summed E-state index contributed by atoms with van der Waals surface area (Å²) in [6, 6.07) is 0. The van der Waals surface area contributed by atoms with Crippen LogP contribution in [0.25, 0.3) is 0 Å². The Kier molecular flexibility index (Phi) is 19.6. The van der Waals surface area contributed by atoms with Crippen LogP contribution in [0.2, 0.25) is 0 Å². The Morgan fingerprint density at radius 1 is 0.556 bits per heavy atom. The minimum absolute atomic E-state index is 0. The van der Waals surface area contributed by atoms with E-state index >= 15 is 0 Å². The molecule has 2 amide bonds. The first kappa shape index (κ1) is 36.3. The van der Waals surface area contributed by atoms with Crippen LogP contribution in [-0.2, 0) is 9.59 Å². The molecular weight excluding hydrogens is 678 g/mol. The molecular formula is C28H56I2N4O2. The maximum absolute atomic E-state index is 12.6. The Bertz CT molecular complexity index is 552. The highest BCUT2D eigenvalue weighted by molar-refractivity contribution is 5.76. The third kappa shape index (κ3) is 14.5. The number of hydrogen-bond acceptors (Lipinski definition) is 2. The molecule has 2 fully saturated rings. The molecule has 0 radical (unpaired) electrons. The lowest BCUT2D eigenvalue weighted by atomic mass is 10.1. The van der Waals surface area contributed by atoms with Crippen LogP contribution in [0.15, 0.2) is 0 Å². The summed E-state index contributed by atoms with van der Waals surface area (Å²) in [5, 5.41) is 0. The van der Waals surface area contributed by atoms with Gasteiger partial charge in [0.15, 0.2) is 0 Å². The molecule has 0 aromatic carbocycles. The first-order valence-corrected chi connectivity index (χ1v) is 14.4. The zero-order valence-electron chi connectivity index (χ0n) is 23.9. The van der Waals surface area contributed by atoms with Crippen LogP contribution in [0.3, 0.4) is 0 Å². The van der Waals surface area contributed by atoms with Crippen LogP contribution in [0.5, 0.6) is 0 Å². The van der Waals surface area contributed by atoms with Gasteiger partial charge >= 0.3 is 0 Å². The normalized spacial score (nSPS) is 19.1. The Labute approximate surface area is 257 Å². The van der Waals surface area contributed by atoms with Gasteiger partial charge in [0.2, 0.25) is 11.8 Å². The van der Waals surface area contributed by atoms with E-state index in [2.05, 4.69) is 14.1 Å². The predicted octanol–water partition coefficient (Wildman–Crippen LogP) is -1.71. The minimum Gasteiger partial charge on any atom is -1.00 e. The van der Waals surface area contributed by atoms with Crippen LogP contribution >= 0.6 is 0 Å². The topological polar surface area (TPSA) is 40.6 Å². The monoisotopic (exact) mass is 734 g/mol. The van der Waals surface area contributed by atoms with Gasteiger partial charge in [-0.05, 0) is 64.2 Å². The van der Waals surface area contributed by atoms with Crippen molar-refractivity contribution in [2.75, 3.05) is 80.5 Å². The molecule has 0 aliphatic carbocycles. The molecule has 2 rings (SSSR count). The van der Waals surface area contributed by atoms with Gasteiger partial charge in [-0.1, -0.05) is 12.8 Å². The van der Waals surface area contributed by atoms with Gasteiger partial charge in [0.25, 0.3) is 0 Å². The van der Waals surface area contributed by atoms with Crippen molar-refractivity contribution in [3.8, 4) is 0 Å². The minimum atomic E-state index is 0. The van der Waals surface area contributed by atoms with Crippen molar-refractivity contribution < 1.29 is 66.5 Å². The van der Waals surface area contributed by atoms with Crippen molar-refractivity contribution in [2.24, 2.45) is 0 Å². The van der Waals surface area contributed by atoms with Crippen LogP contribution in [-0.4, -0.2) is 111 Å². The number of nitrogens with zero attached hydrogens (tertiary/aromatic N) is 4. The summed E-state index contributed by atoms with van der Waals surface area (Å²) in [5.74, 6) is 0.601. The van der Waals surface area contributed by atoms with Gasteiger partial charge < -0.3 is 66.7 Å². The molecule has 2 saturated heterocycles. The van der Waals surface area contributed by atoms with E-state index in [1.165, 1.54) is 77.5 Å². The fourth-order valence-electron chi connectivity index (χ4n) is 5.77. The Morgan fingerprint density at radius 2 is 0.861 bits per heavy atom. The standard InChI is InChI=1S/C28H56N4O2.2HI/c1-29(27(33)17-25-31(3)21-13-7-8-14-22-31)19-11-5-6-12-20-30(2)28(34)18-26-32(4)23-15-9-10-16-24-32;;/h5-26H2,1-4H3;2*1H/q+2;;/p-2. The number of halogens is 2. The fourth-order valence-corrected chi connectivity index (χ4v) is 5.77. The second kappa shape index (κ2) is 19.4. The molecule has 0 unspecified atom stereocenters. The summed E-state index contributed by atoms with van der Waals surface area (Å²) in [6.45, 7) is 8.60. The van der Waals surface area contributed by atoms with Crippen molar-refractivity contribution in [2.45, 2.75) is 89.9 Å². The highest BCUT2D eigenvalue weighted by Crippen LogP contribution is 2.18. The lowest BCUT2D eigenvalue weighted by Gasteiger charge is -2.33. The molecule has 0 saturated carbocycles. The quantitative estimate of drug-likeness (QED) is 0.129. The maximum atomic E-state index is 12.6. The van der Waals surface area contributed by atoms with Crippen molar-refractivity contribution >= 4 is 11.8 Å². The molecule has 36 heavy (non-hydrogen) atoms. The zero-order chi connectivity index (χ0) is 24.9. The van der Waals surface area contributed by atoms with Gasteiger partial charge in [0.05, 0.1) is 66.2 Å². The Hall–Kier alpha value is 0.320. The van der Waals surface area contributed by atoms with Crippen molar-refractivity contribution in [1.29, 1.82) is 0 Å². The van der Waals surface area contributed by atoms with Gasteiger partial charge in [-0.2, -0.15) is 0 Å². The van der Waals surface area contributed by atoms with E-state index in [0.717, 1.165) is 60.8 Å². The second-order valence-electron chi connectivity index (χ2n) is 12.0. The fraction of sp³-hybridized carbons (Fsp3) is 0.929. The van der Waals surface area contributed by atoms with Gasteiger partial charge in [-0.25, -0.2) is 0 Å². The SMILES string of the molecule is CN(CCCCCCN(C)C(=O)CC[N+]1(C)CCCCCC1)C(=O)CC[N+]1(C)CCCCCC1.[I-].[I-]. The van der Waals surface area contributed by atoms with Gasteiger partial charge in [-0.15, -0.1) is 0 Å². The van der Waals surface area contributed by atoms with Crippen LogP contribution in [0.1, 0.15) is 89.9 Å². The van der Waals surface area contributed by atoms with E-state index in [1.807, 2.05) is 23.9 Å². The molecule has 0 aromatic heterocycles. The summed E-state index contributed by atoms with van der Waals surface area (Å²) < 4.78 is 2.15. The molecule has 2 aliphatic heterocycles. The molecule has 6 nitrogen and oxygen atoms in total. The first-order chi connectivity index (χ1) is 16.2. The van der Waals surface area contributed by atoms with Crippen molar-refractivity contribution in [1.82, 2.24) is 9.80 Å². The van der Waals surface area contributed by atoms with E-state index in [1.54, 1.807) is 0 Å². The number of likely N-dealkylation sites (tertiary alicyclic amines) is 2. The number of quaternary nitrogens is 2. The summed E-state index contributed by atoms with van der Waals surface area (Å²) in [6.07, 6.45) is 16.4. The summed E-state index contributed by atoms with van der Waals surface area (Å²) in [5.41, 5.74) is 0. The lowest BCUT2D eigenvalue weighted by molar-refractivity contribution is -0.908. The van der Waals surface area contributed by atoms with Crippen LogP contribution < -0.4 is 48.0 Å². The number of carbonyl (C=O) groups is 2. The highest BCUT2D eigenvalue weighted by Gasteiger charge is 2.26. The van der Waals surface area contributed by atoms with E-state index in [9.17, 15) is 9.59 Å². The summed E-state index contributed by atoms with van der Waals surface area (Å²) in [4.78, 5) is 29.0. The van der Waals surface area contributed by atoms with Crippen molar-refractivity contribution in [3.63, 3.8) is 0 Å². The van der Waals surface area contributed by atoms with E-state index < -0.39 is 0 Å². The molecule has 0 N–H and O–H groups in total. The van der Waals surface area contributed by atoms with Gasteiger partial charge in [0.1, 0.15) is 0 Å². The van der Waals surface area contributed by atoms with Gasteiger partial charge in [0, 0.05) is 27.2 Å². The molecule has 8 heteroatoms. The molecule has 0 bridgehead atoms. The molecule has 0 spiro atoms. The third-order valence-corrected chi connectivity index (χ3v) is 8.61. The number of amides is 2. The first-order valence-electron chi connectivity index (χ1n) is 14.4. The number of rotatable bonds is 13. The summed E-state index contributed by atoms with van der Waals surface area (Å²) in [7, 11) is 8.59. The lowest BCUT2D eigenvalue weighted by Crippen LogP contribution is -3.00. The van der Waals surface area contributed by atoms with E-state index in [-0.39, 0.29) is 48.0 Å². The predicted molar refractivity (Wildman–Crippen MR) is 141 cm³/mol. The molecule has 0 atom stereocenters. The highest BCUT2D eigenvalue weighted by atomic mass is 127. The van der Waals surface area contributed by atoms with Crippen molar-refractivity contribution in [3.05, 3.63) is 0 Å². The van der Waals surface area contributed by atoms with E-state index in [4.69, 9.17) is 0 Å². The molecule has 2 aliphatic rings. The Balaban J connectivity index is 0.00000612. The largest absolute Gasteiger partial charge is 1.00 e. The Morgan fingerprint density at radius 3 is 1.17 bits per heavy atom. The number of carbonyl (C=O) groups excluding carboxylic acids is 2. The maximum Gasteiger partial charge on any atom is 0.227 e.